The van der Waals surface area contributed by atoms with E-state index in [1.165, 1.54) is 0 Å². The molecule has 1 unspecified atom stereocenters. The van der Waals surface area contributed by atoms with E-state index in [-0.39, 0.29) is 6.04 Å². The third-order valence-electron chi connectivity index (χ3n) is 2.26. The Hall–Kier alpha value is -0.980. The number of hydrogen-bond donors (Lipinski definition) is 1. The molecule has 2 aromatic heterocycles. The average Bonchev–Trinajstić information content (AvgIpc) is 2.88. The van der Waals surface area contributed by atoms with Crippen LogP contribution in [0.25, 0.3) is 0 Å². The van der Waals surface area contributed by atoms with Gasteiger partial charge in [0.15, 0.2) is 0 Å². The summed E-state index contributed by atoms with van der Waals surface area (Å²) in [6.45, 7) is 2.88. The average molecular weight is 258 g/mol. The lowest BCUT2D eigenvalue weighted by atomic mass is 10.1. The lowest BCUT2D eigenvalue weighted by Crippen LogP contribution is -2.18. The summed E-state index contributed by atoms with van der Waals surface area (Å²) >= 11 is 7.22. The van der Waals surface area contributed by atoms with Crippen LogP contribution in [0.3, 0.4) is 0 Å². The first-order chi connectivity index (χ1) is 7.74. The third kappa shape index (κ3) is 2.09. The first-order valence-electron chi connectivity index (χ1n) is 4.98. The first-order valence-corrected chi connectivity index (χ1v) is 6.09. The van der Waals surface area contributed by atoms with Gasteiger partial charge in [0.1, 0.15) is 0 Å². The number of hydrogen-bond acceptors (Lipinski definition) is 5. The second kappa shape index (κ2) is 4.90. The smallest absolute Gasteiger partial charge is 0.0971 e. The van der Waals surface area contributed by atoms with Crippen molar-refractivity contribution in [3.63, 3.8) is 0 Å². The van der Waals surface area contributed by atoms with Gasteiger partial charge in [0.2, 0.25) is 0 Å². The minimum Gasteiger partial charge on any atom is -0.318 e. The van der Waals surface area contributed by atoms with Gasteiger partial charge in [0, 0.05) is 6.54 Å². The van der Waals surface area contributed by atoms with Crippen LogP contribution < -0.4 is 5.73 Å². The molecule has 2 heterocycles. The predicted molar refractivity (Wildman–Crippen MR) is 63.5 cm³/mol. The second-order valence-corrected chi connectivity index (χ2v) is 4.37. The van der Waals surface area contributed by atoms with E-state index >= 15 is 0 Å². The normalized spacial score (nSPS) is 12.9. The number of rotatable bonds is 4. The molecular weight excluding hydrogens is 246 g/mol. The van der Waals surface area contributed by atoms with Crippen LogP contribution in [-0.4, -0.2) is 18.5 Å². The number of aromatic nitrogens is 4. The molecule has 2 aromatic rings. The van der Waals surface area contributed by atoms with Gasteiger partial charge in [-0.3, -0.25) is 4.68 Å². The summed E-state index contributed by atoms with van der Waals surface area (Å²) in [5, 5.41) is 4.77. The van der Waals surface area contributed by atoms with Crippen LogP contribution in [0, 0.1) is 0 Å². The Labute approximate surface area is 103 Å². The quantitative estimate of drug-likeness (QED) is 0.908. The monoisotopic (exact) mass is 257 g/mol. The van der Waals surface area contributed by atoms with Crippen molar-refractivity contribution in [3.05, 3.63) is 28.8 Å². The van der Waals surface area contributed by atoms with Crippen molar-refractivity contribution in [3.8, 4) is 0 Å². The number of halogens is 1. The summed E-state index contributed by atoms with van der Waals surface area (Å²) in [5.74, 6) is 0. The van der Waals surface area contributed by atoms with Gasteiger partial charge in [0.05, 0.1) is 46.6 Å². The van der Waals surface area contributed by atoms with Gasteiger partial charge < -0.3 is 5.73 Å². The largest absolute Gasteiger partial charge is 0.318 e. The van der Waals surface area contributed by atoms with Crippen LogP contribution in [0.4, 0.5) is 0 Å². The van der Waals surface area contributed by atoms with Gasteiger partial charge >= 0.3 is 0 Å². The van der Waals surface area contributed by atoms with Crippen LogP contribution in [0.2, 0.25) is 5.02 Å². The van der Waals surface area contributed by atoms with Crippen molar-refractivity contribution in [2.75, 3.05) is 0 Å². The first kappa shape index (κ1) is 11.5. The Morgan fingerprint density at radius 2 is 2.38 bits per heavy atom. The van der Waals surface area contributed by atoms with Crippen molar-refractivity contribution in [2.45, 2.75) is 25.9 Å². The van der Waals surface area contributed by atoms with E-state index in [2.05, 4.69) is 20.8 Å². The molecule has 0 amide bonds. The van der Waals surface area contributed by atoms with Crippen molar-refractivity contribution < 1.29 is 0 Å². The summed E-state index contributed by atoms with van der Waals surface area (Å²) in [4.78, 5) is 0. The summed E-state index contributed by atoms with van der Waals surface area (Å²) in [5.41, 5.74) is 7.62. The highest BCUT2D eigenvalue weighted by molar-refractivity contribution is 6.99. The molecule has 86 valence electrons. The Morgan fingerprint density at radius 3 is 3.00 bits per heavy atom. The molecule has 0 aliphatic rings. The van der Waals surface area contributed by atoms with Crippen LogP contribution in [0.1, 0.15) is 30.8 Å². The Kier molecular flexibility index (Phi) is 3.52. The van der Waals surface area contributed by atoms with Crippen molar-refractivity contribution >= 4 is 23.3 Å². The Bertz CT molecular complexity index is 452. The highest BCUT2D eigenvalue weighted by atomic mass is 35.5. The number of nitrogens with two attached hydrogens (primary N) is 1. The van der Waals surface area contributed by atoms with Crippen LogP contribution >= 0.6 is 23.3 Å². The van der Waals surface area contributed by atoms with Gasteiger partial charge in [-0.1, -0.05) is 18.5 Å². The number of nitrogens with zero attached hydrogens (tertiary/aromatic N) is 4. The van der Waals surface area contributed by atoms with E-state index in [4.69, 9.17) is 17.3 Å². The predicted octanol–water partition coefficient (Wildman–Crippen LogP) is 1.85. The molecule has 0 aliphatic heterocycles. The zero-order chi connectivity index (χ0) is 11.5. The van der Waals surface area contributed by atoms with E-state index in [0.29, 0.717) is 5.02 Å². The van der Waals surface area contributed by atoms with Crippen molar-refractivity contribution in [1.82, 2.24) is 18.5 Å². The lowest BCUT2D eigenvalue weighted by molar-refractivity contribution is 0.558. The highest BCUT2D eigenvalue weighted by Gasteiger charge is 2.20. The molecule has 0 aromatic carbocycles. The van der Waals surface area contributed by atoms with E-state index < -0.39 is 0 Å². The van der Waals surface area contributed by atoms with Gasteiger partial charge in [0.25, 0.3) is 0 Å². The summed E-state index contributed by atoms with van der Waals surface area (Å²) < 4.78 is 9.88. The lowest BCUT2D eigenvalue weighted by Gasteiger charge is -2.11. The fourth-order valence-corrected chi connectivity index (χ4v) is 2.24. The molecule has 1 atom stereocenters. The Balaban J connectivity index is 2.35. The second-order valence-electron chi connectivity index (χ2n) is 3.41. The summed E-state index contributed by atoms with van der Waals surface area (Å²) in [7, 11) is 0. The van der Waals surface area contributed by atoms with Crippen molar-refractivity contribution in [2.24, 2.45) is 5.73 Å². The minimum absolute atomic E-state index is 0.361. The van der Waals surface area contributed by atoms with Crippen LogP contribution in [0.5, 0.6) is 0 Å². The molecule has 0 bridgehead atoms. The molecule has 16 heavy (non-hydrogen) atoms. The van der Waals surface area contributed by atoms with E-state index in [1.807, 2.05) is 4.68 Å². The molecule has 0 radical (unpaired) electrons. The molecular formula is C9H12ClN5S. The molecule has 5 nitrogen and oxygen atoms in total. The molecule has 0 aliphatic carbocycles. The third-order valence-corrected chi connectivity index (χ3v) is 3.04. The molecule has 0 saturated carbocycles. The van der Waals surface area contributed by atoms with Crippen LogP contribution in [0.15, 0.2) is 12.4 Å². The Morgan fingerprint density at radius 1 is 1.56 bits per heavy atom. The molecule has 0 fully saturated rings. The van der Waals surface area contributed by atoms with Gasteiger partial charge in [-0.2, -0.15) is 13.8 Å². The zero-order valence-corrected chi connectivity index (χ0v) is 10.4. The van der Waals surface area contributed by atoms with E-state index in [0.717, 1.165) is 36.1 Å². The zero-order valence-electron chi connectivity index (χ0n) is 8.80. The van der Waals surface area contributed by atoms with Gasteiger partial charge in [-0.25, -0.2) is 0 Å². The number of aryl methyl sites for hydroxylation is 1. The van der Waals surface area contributed by atoms with Crippen LogP contribution in [-0.2, 0) is 6.54 Å². The SMILES string of the molecule is CCCn1ncc(Cl)c1C(N)c1cnsn1. The summed E-state index contributed by atoms with van der Waals surface area (Å²) in [6.07, 6.45) is 4.26. The minimum atomic E-state index is -0.361. The van der Waals surface area contributed by atoms with Crippen molar-refractivity contribution in [1.29, 1.82) is 0 Å². The maximum Gasteiger partial charge on any atom is 0.0971 e. The van der Waals surface area contributed by atoms with E-state index in [9.17, 15) is 0 Å². The maximum atomic E-state index is 6.10. The molecule has 2 rings (SSSR count). The molecule has 7 heteroatoms. The molecule has 0 spiro atoms. The fraction of sp³-hybridized carbons (Fsp3) is 0.444. The highest BCUT2D eigenvalue weighted by Crippen LogP contribution is 2.25. The molecule has 0 saturated heterocycles. The standard InChI is InChI=1S/C9H12ClN5S/c1-2-3-15-9(6(10)4-12-15)8(11)7-5-13-16-14-7/h4-5,8H,2-3,11H2,1H3. The topological polar surface area (TPSA) is 69.6 Å². The van der Waals surface area contributed by atoms with Gasteiger partial charge in [-0.15, -0.1) is 0 Å². The molecule has 2 N–H and O–H groups in total. The maximum absolute atomic E-state index is 6.10. The fourth-order valence-electron chi connectivity index (χ4n) is 1.52. The van der Waals surface area contributed by atoms with Gasteiger partial charge in [-0.05, 0) is 6.42 Å². The van der Waals surface area contributed by atoms with E-state index in [1.54, 1.807) is 12.4 Å². The summed E-state index contributed by atoms with van der Waals surface area (Å²) in [6, 6.07) is -0.361.